The van der Waals surface area contributed by atoms with Gasteiger partial charge in [-0.05, 0) is 35.6 Å². The number of ether oxygens (including phenoxy) is 3. The number of carbonyl (C=O) groups excluding carboxylic acids is 1. The maximum absolute atomic E-state index is 11.5. The average Bonchev–Trinajstić information content (AvgIpc) is 2.89. The second kappa shape index (κ2) is 5.29. The molecular formula is C16H18O4. The van der Waals surface area contributed by atoms with Crippen LogP contribution in [0.15, 0.2) is 23.8 Å². The highest BCUT2D eigenvalue weighted by molar-refractivity contribution is 5.82. The Morgan fingerprint density at radius 2 is 2.20 bits per heavy atom. The van der Waals surface area contributed by atoms with E-state index in [0.717, 1.165) is 29.7 Å². The number of methoxy groups -OCH3 is 2. The zero-order valence-corrected chi connectivity index (χ0v) is 11.8. The number of rotatable bonds is 3. The van der Waals surface area contributed by atoms with Crippen LogP contribution in [0.5, 0.6) is 5.75 Å². The summed E-state index contributed by atoms with van der Waals surface area (Å²) in [6.07, 6.45) is 2.02. The first-order chi connectivity index (χ1) is 9.74. The lowest BCUT2D eigenvalue weighted by molar-refractivity contribution is -0.142. The molecule has 106 valence electrons. The molecule has 1 unspecified atom stereocenters. The minimum atomic E-state index is -0.237. The predicted molar refractivity (Wildman–Crippen MR) is 74.6 cm³/mol. The van der Waals surface area contributed by atoms with Gasteiger partial charge in [-0.25, -0.2) is 0 Å². The van der Waals surface area contributed by atoms with Crippen molar-refractivity contribution in [3.8, 4) is 5.75 Å². The zero-order valence-electron chi connectivity index (χ0n) is 11.8. The van der Waals surface area contributed by atoms with Gasteiger partial charge in [-0.15, -0.1) is 0 Å². The van der Waals surface area contributed by atoms with Crippen LogP contribution in [0.25, 0.3) is 5.57 Å². The zero-order chi connectivity index (χ0) is 14.1. The van der Waals surface area contributed by atoms with Crippen LogP contribution in [0, 0.1) is 0 Å². The SMILES string of the molecule is COC(=O)CC1OCC2=C1c1cccc(OC)c1CC2. The van der Waals surface area contributed by atoms with Crippen LogP contribution in [-0.4, -0.2) is 32.9 Å². The van der Waals surface area contributed by atoms with E-state index in [4.69, 9.17) is 14.2 Å². The molecular weight excluding hydrogens is 256 g/mol. The quantitative estimate of drug-likeness (QED) is 0.794. The van der Waals surface area contributed by atoms with Crippen LogP contribution < -0.4 is 4.74 Å². The Bertz CT molecular complexity index is 574. The summed E-state index contributed by atoms with van der Waals surface area (Å²) in [5, 5.41) is 0. The summed E-state index contributed by atoms with van der Waals surface area (Å²) < 4.78 is 16.0. The summed E-state index contributed by atoms with van der Waals surface area (Å²) in [4.78, 5) is 11.5. The van der Waals surface area contributed by atoms with E-state index in [1.54, 1.807) is 7.11 Å². The molecule has 1 aromatic rings. The Balaban J connectivity index is 1.99. The molecule has 0 bridgehead atoms. The normalized spacial score (nSPS) is 20.4. The molecule has 0 radical (unpaired) electrons. The highest BCUT2D eigenvalue weighted by atomic mass is 16.5. The number of esters is 1. The van der Waals surface area contributed by atoms with Gasteiger partial charge in [0.05, 0.1) is 33.4 Å². The molecule has 2 aliphatic rings. The molecule has 0 saturated heterocycles. The number of fused-ring (bicyclic) bond motifs is 2. The predicted octanol–water partition coefficient (Wildman–Crippen LogP) is 2.36. The third-order valence-electron chi connectivity index (χ3n) is 4.06. The van der Waals surface area contributed by atoms with Crippen LogP contribution in [-0.2, 0) is 20.7 Å². The van der Waals surface area contributed by atoms with E-state index < -0.39 is 0 Å². The van der Waals surface area contributed by atoms with Crippen molar-refractivity contribution in [1.29, 1.82) is 0 Å². The Morgan fingerprint density at radius 1 is 1.35 bits per heavy atom. The first-order valence-electron chi connectivity index (χ1n) is 6.81. The standard InChI is InChI=1S/C16H18O4/c1-18-13-5-3-4-12-11(13)7-6-10-9-20-14(16(10)12)8-15(17)19-2/h3-5,14H,6-9H2,1-2H3. The maximum atomic E-state index is 11.5. The molecule has 3 rings (SSSR count). The largest absolute Gasteiger partial charge is 0.496 e. The van der Waals surface area contributed by atoms with E-state index in [2.05, 4.69) is 6.07 Å². The maximum Gasteiger partial charge on any atom is 0.308 e. The molecule has 0 amide bonds. The third kappa shape index (κ3) is 2.10. The van der Waals surface area contributed by atoms with Gasteiger partial charge in [-0.3, -0.25) is 4.79 Å². The van der Waals surface area contributed by atoms with Crippen molar-refractivity contribution in [2.75, 3.05) is 20.8 Å². The molecule has 1 heterocycles. The number of carbonyl (C=O) groups is 1. The topological polar surface area (TPSA) is 44.8 Å². The lowest BCUT2D eigenvalue weighted by atomic mass is 9.83. The van der Waals surface area contributed by atoms with E-state index in [1.807, 2.05) is 12.1 Å². The second-order valence-corrected chi connectivity index (χ2v) is 5.08. The molecule has 0 N–H and O–H groups in total. The second-order valence-electron chi connectivity index (χ2n) is 5.08. The average molecular weight is 274 g/mol. The molecule has 4 heteroatoms. The molecule has 1 atom stereocenters. The fourth-order valence-corrected chi connectivity index (χ4v) is 3.10. The fraction of sp³-hybridized carbons (Fsp3) is 0.438. The van der Waals surface area contributed by atoms with Gasteiger partial charge in [-0.2, -0.15) is 0 Å². The number of hydrogen-bond donors (Lipinski definition) is 0. The van der Waals surface area contributed by atoms with E-state index in [0.29, 0.717) is 6.61 Å². The Hall–Kier alpha value is -1.81. The molecule has 0 fully saturated rings. The van der Waals surface area contributed by atoms with Gasteiger partial charge in [-0.1, -0.05) is 12.1 Å². The smallest absolute Gasteiger partial charge is 0.308 e. The van der Waals surface area contributed by atoms with Crippen LogP contribution in [0.3, 0.4) is 0 Å². The lowest BCUT2D eigenvalue weighted by Gasteiger charge is -2.23. The van der Waals surface area contributed by atoms with Crippen molar-refractivity contribution >= 4 is 11.5 Å². The lowest BCUT2D eigenvalue weighted by Crippen LogP contribution is -2.18. The van der Waals surface area contributed by atoms with Crippen molar-refractivity contribution in [2.24, 2.45) is 0 Å². The van der Waals surface area contributed by atoms with Gasteiger partial charge in [0.2, 0.25) is 0 Å². The molecule has 0 aromatic heterocycles. The van der Waals surface area contributed by atoms with Gasteiger partial charge >= 0.3 is 5.97 Å². The third-order valence-corrected chi connectivity index (χ3v) is 4.06. The molecule has 1 aliphatic heterocycles. The summed E-state index contributed by atoms with van der Waals surface area (Å²) in [6.45, 7) is 0.619. The highest BCUT2D eigenvalue weighted by Crippen LogP contribution is 2.42. The Labute approximate surface area is 118 Å². The molecule has 0 saturated carbocycles. The van der Waals surface area contributed by atoms with Crippen molar-refractivity contribution < 1.29 is 19.0 Å². The van der Waals surface area contributed by atoms with Crippen LogP contribution in [0.2, 0.25) is 0 Å². The van der Waals surface area contributed by atoms with Gasteiger partial charge in [0, 0.05) is 5.56 Å². The number of benzene rings is 1. The summed E-state index contributed by atoms with van der Waals surface area (Å²) in [5.41, 5.74) is 4.85. The van der Waals surface area contributed by atoms with E-state index >= 15 is 0 Å². The minimum Gasteiger partial charge on any atom is -0.496 e. The van der Waals surface area contributed by atoms with E-state index in [-0.39, 0.29) is 18.5 Å². The van der Waals surface area contributed by atoms with Crippen LogP contribution in [0.1, 0.15) is 24.0 Å². The van der Waals surface area contributed by atoms with Crippen molar-refractivity contribution in [3.63, 3.8) is 0 Å². The van der Waals surface area contributed by atoms with E-state index in [1.165, 1.54) is 18.2 Å². The van der Waals surface area contributed by atoms with E-state index in [9.17, 15) is 4.79 Å². The number of hydrogen-bond acceptors (Lipinski definition) is 4. The van der Waals surface area contributed by atoms with Gasteiger partial charge in [0.25, 0.3) is 0 Å². The summed E-state index contributed by atoms with van der Waals surface area (Å²) in [5.74, 6) is 0.677. The summed E-state index contributed by atoms with van der Waals surface area (Å²) in [6, 6.07) is 6.06. The minimum absolute atomic E-state index is 0.191. The molecule has 0 spiro atoms. The van der Waals surface area contributed by atoms with Gasteiger partial charge in [0.15, 0.2) is 0 Å². The fourth-order valence-electron chi connectivity index (χ4n) is 3.10. The van der Waals surface area contributed by atoms with Crippen molar-refractivity contribution in [1.82, 2.24) is 0 Å². The first-order valence-corrected chi connectivity index (χ1v) is 6.81. The molecule has 1 aromatic carbocycles. The molecule has 4 nitrogen and oxygen atoms in total. The summed E-state index contributed by atoms with van der Waals surface area (Å²) >= 11 is 0. The summed E-state index contributed by atoms with van der Waals surface area (Å²) in [7, 11) is 3.10. The van der Waals surface area contributed by atoms with Crippen LogP contribution >= 0.6 is 0 Å². The van der Waals surface area contributed by atoms with Gasteiger partial charge in [0.1, 0.15) is 5.75 Å². The monoisotopic (exact) mass is 274 g/mol. The molecule has 20 heavy (non-hydrogen) atoms. The van der Waals surface area contributed by atoms with Crippen molar-refractivity contribution in [3.05, 3.63) is 34.9 Å². The highest BCUT2D eigenvalue weighted by Gasteiger charge is 2.33. The first kappa shape index (κ1) is 13.2. The van der Waals surface area contributed by atoms with Gasteiger partial charge < -0.3 is 14.2 Å². The molecule has 1 aliphatic carbocycles. The van der Waals surface area contributed by atoms with Crippen LogP contribution in [0.4, 0.5) is 0 Å². The Morgan fingerprint density at radius 3 is 2.95 bits per heavy atom. The Kier molecular flexibility index (Phi) is 3.49. The van der Waals surface area contributed by atoms with Crippen molar-refractivity contribution in [2.45, 2.75) is 25.4 Å².